The second kappa shape index (κ2) is 10.6. The van der Waals surface area contributed by atoms with Crippen molar-refractivity contribution in [3.63, 3.8) is 0 Å². The van der Waals surface area contributed by atoms with Crippen LogP contribution in [0.4, 0.5) is 0 Å². The number of Topliss-reactive ketones (excluding diaryl/α,β-unsaturated/α-hetero) is 1. The molecule has 0 aromatic heterocycles. The minimum Gasteiger partial charge on any atom is -0.508 e. The average molecular weight is 628 g/mol. The number of likely N-dealkylation sites (tertiary alicyclic amines) is 2. The van der Waals surface area contributed by atoms with E-state index in [4.69, 9.17) is 0 Å². The summed E-state index contributed by atoms with van der Waals surface area (Å²) in [5.74, 6) is -2.91. The highest BCUT2D eigenvalue weighted by Crippen LogP contribution is 2.56. The molecular formula is C34H31BrN2O5. The maximum Gasteiger partial charge on any atom is 0.233 e. The van der Waals surface area contributed by atoms with Crippen LogP contribution in [0.2, 0.25) is 0 Å². The summed E-state index contributed by atoms with van der Waals surface area (Å²) in [6.07, 6.45) is 5.39. The molecule has 4 atom stereocenters. The van der Waals surface area contributed by atoms with Crippen LogP contribution in [0.15, 0.2) is 88.0 Å². The third-order valence-corrected chi connectivity index (χ3v) is 10.4. The number of carbonyl (C=O) groups is 4. The van der Waals surface area contributed by atoms with Gasteiger partial charge in [0.2, 0.25) is 11.8 Å². The molecule has 4 unspecified atom stereocenters. The third kappa shape index (κ3) is 4.34. The maximum atomic E-state index is 14.2. The van der Waals surface area contributed by atoms with E-state index in [0.29, 0.717) is 23.1 Å². The highest BCUT2D eigenvalue weighted by atomic mass is 79.9. The lowest BCUT2D eigenvalue weighted by Crippen LogP contribution is -2.47. The molecule has 2 fully saturated rings. The number of aromatic hydroxyl groups is 1. The number of hydrogen-bond donors (Lipinski definition) is 1. The monoisotopic (exact) mass is 626 g/mol. The number of phenols is 1. The van der Waals surface area contributed by atoms with Crippen molar-refractivity contribution in [2.45, 2.75) is 44.2 Å². The molecule has 7 rings (SSSR count). The summed E-state index contributed by atoms with van der Waals surface area (Å²) < 4.78 is 0.194. The Morgan fingerprint density at radius 1 is 0.881 bits per heavy atom. The molecule has 214 valence electrons. The van der Waals surface area contributed by atoms with E-state index in [-0.39, 0.29) is 46.1 Å². The summed E-state index contributed by atoms with van der Waals surface area (Å²) >= 11 is 3.26. The minimum absolute atomic E-state index is 0.0320. The highest BCUT2D eigenvalue weighted by Gasteiger charge is 2.57. The summed E-state index contributed by atoms with van der Waals surface area (Å²) in [5.41, 5.74) is 3.37. The molecule has 2 aromatic rings. The van der Waals surface area contributed by atoms with Gasteiger partial charge in [0.1, 0.15) is 5.75 Å². The zero-order valence-corrected chi connectivity index (χ0v) is 24.6. The molecule has 2 aromatic carbocycles. The number of nitrogens with zero attached hydrogens (tertiary/aromatic N) is 2. The molecule has 0 bridgehead atoms. The Bertz CT molecular complexity index is 1600. The molecule has 0 radical (unpaired) electrons. The van der Waals surface area contributed by atoms with Crippen molar-refractivity contribution in [1.29, 1.82) is 0 Å². The third-order valence-electron chi connectivity index (χ3n) is 9.78. The molecule has 2 saturated heterocycles. The van der Waals surface area contributed by atoms with Crippen LogP contribution >= 0.6 is 15.9 Å². The van der Waals surface area contributed by atoms with Crippen LogP contribution in [0.3, 0.4) is 0 Å². The first-order valence-electron chi connectivity index (χ1n) is 14.6. The van der Waals surface area contributed by atoms with Gasteiger partial charge in [-0.3, -0.25) is 29.0 Å². The SMILES string of the molecule is O=C1C=C(Br)C(=O)C2=C1C(c1ccccc1O)C1=CCC3C(=O)N(C4CCN(Cc5ccccc5)CC4)C(=O)C3C1C2. The Kier molecular flexibility index (Phi) is 6.86. The van der Waals surface area contributed by atoms with Gasteiger partial charge in [-0.15, -0.1) is 0 Å². The van der Waals surface area contributed by atoms with Crippen molar-refractivity contribution >= 4 is 39.3 Å². The summed E-state index contributed by atoms with van der Waals surface area (Å²) in [6, 6.07) is 17.0. The second-order valence-corrected chi connectivity index (χ2v) is 12.8. The maximum absolute atomic E-state index is 14.2. The molecule has 2 heterocycles. The number of imide groups is 1. The molecule has 7 nitrogen and oxygen atoms in total. The van der Waals surface area contributed by atoms with Crippen molar-refractivity contribution in [1.82, 2.24) is 9.80 Å². The predicted octanol–water partition coefficient (Wildman–Crippen LogP) is 4.82. The van der Waals surface area contributed by atoms with Gasteiger partial charge < -0.3 is 5.11 Å². The van der Waals surface area contributed by atoms with E-state index in [2.05, 4.69) is 33.0 Å². The average Bonchev–Trinajstić information content (AvgIpc) is 3.25. The number of phenolic OH excluding ortho intramolecular Hbond substituents is 1. The number of amides is 2. The number of ketones is 2. The predicted molar refractivity (Wildman–Crippen MR) is 159 cm³/mol. The Morgan fingerprint density at radius 2 is 1.60 bits per heavy atom. The summed E-state index contributed by atoms with van der Waals surface area (Å²) in [6.45, 7) is 2.46. The normalized spacial score (nSPS) is 28.4. The van der Waals surface area contributed by atoms with Gasteiger partial charge in [0.25, 0.3) is 0 Å². The first kappa shape index (κ1) is 27.2. The number of fused-ring (bicyclic) bond motifs is 3. The number of piperidine rings is 1. The molecule has 2 amide bonds. The van der Waals surface area contributed by atoms with Crippen LogP contribution in [0.1, 0.15) is 42.7 Å². The molecule has 42 heavy (non-hydrogen) atoms. The number of para-hydroxylation sites is 1. The van der Waals surface area contributed by atoms with Crippen molar-refractivity contribution < 1.29 is 24.3 Å². The van der Waals surface area contributed by atoms with Gasteiger partial charge in [-0.1, -0.05) is 60.2 Å². The van der Waals surface area contributed by atoms with Crippen molar-refractivity contribution in [3.05, 3.63) is 99.1 Å². The van der Waals surface area contributed by atoms with E-state index in [0.717, 1.165) is 38.0 Å². The van der Waals surface area contributed by atoms with Gasteiger partial charge in [0, 0.05) is 54.4 Å². The number of hydrogen-bond acceptors (Lipinski definition) is 6. The van der Waals surface area contributed by atoms with E-state index in [1.54, 1.807) is 24.3 Å². The standard InChI is InChI=1S/C34H31BrN2O5/c35-26-17-28(39)31-25(32(26)40)16-24-21(29(31)22-8-4-5-9-27(22)38)10-11-23-30(24)34(42)37(33(23)41)20-12-14-36(15-13-20)18-19-6-2-1-3-7-19/h1-10,17,20,23-24,29-30,38H,11-16,18H2. The lowest BCUT2D eigenvalue weighted by atomic mass is 9.59. The zero-order chi connectivity index (χ0) is 29.1. The second-order valence-electron chi connectivity index (χ2n) is 12.0. The van der Waals surface area contributed by atoms with Crippen LogP contribution in [0.5, 0.6) is 5.75 Å². The first-order chi connectivity index (χ1) is 20.3. The molecule has 2 aliphatic heterocycles. The lowest BCUT2D eigenvalue weighted by Gasteiger charge is -2.42. The van der Waals surface area contributed by atoms with E-state index >= 15 is 0 Å². The van der Waals surface area contributed by atoms with Gasteiger partial charge in [0.15, 0.2) is 11.6 Å². The highest BCUT2D eigenvalue weighted by molar-refractivity contribution is 9.12. The van der Waals surface area contributed by atoms with Crippen molar-refractivity contribution in [2.24, 2.45) is 17.8 Å². The number of benzene rings is 2. The van der Waals surface area contributed by atoms with Gasteiger partial charge in [0.05, 0.1) is 16.3 Å². The molecular weight excluding hydrogens is 596 g/mol. The number of allylic oxidation sites excluding steroid dienone is 6. The quantitative estimate of drug-likeness (QED) is 0.297. The Morgan fingerprint density at radius 3 is 2.33 bits per heavy atom. The molecule has 0 saturated carbocycles. The number of halogens is 1. The van der Waals surface area contributed by atoms with Gasteiger partial charge in [-0.25, -0.2) is 0 Å². The van der Waals surface area contributed by atoms with E-state index < -0.39 is 23.7 Å². The summed E-state index contributed by atoms with van der Waals surface area (Å²) in [5, 5.41) is 10.9. The van der Waals surface area contributed by atoms with Crippen LogP contribution < -0.4 is 0 Å². The van der Waals surface area contributed by atoms with Crippen LogP contribution in [0, 0.1) is 17.8 Å². The van der Waals surface area contributed by atoms with E-state index in [1.165, 1.54) is 16.5 Å². The van der Waals surface area contributed by atoms with Crippen LogP contribution in [-0.4, -0.2) is 57.4 Å². The molecule has 8 heteroatoms. The number of carbonyl (C=O) groups excluding carboxylic acids is 4. The molecule has 3 aliphatic carbocycles. The van der Waals surface area contributed by atoms with Crippen LogP contribution in [0.25, 0.3) is 0 Å². The zero-order valence-electron chi connectivity index (χ0n) is 23.0. The molecule has 5 aliphatic rings. The first-order valence-corrected chi connectivity index (χ1v) is 15.4. The fourth-order valence-electron chi connectivity index (χ4n) is 7.86. The Hall–Kier alpha value is -3.62. The van der Waals surface area contributed by atoms with E-state index in [1.807, 2.05) is 24.3 Å². The Balaban J connectivity index is 1.18. The summed E-state index contributed by atoms with van der Waals surface area (Å²) in [7, 11) is 0. The van der Waals surface area contributed by atoms with Crippen molar-refractivity contribution in [3.8, 4) is 5.75 Å². The Labute approximate surface area is 252 Å². The lowest BCUT2D eigenvalue weighted by molar-refractivity contribution is -0.144. The largest absolute Gasteiger partial charge is 0.508 e. The fourth-order valence-corrected chi connectivity index (χ4v) is 8.30. The summed E-state index contributed by atoms with van der Waals surface area (Å²) in [4.78, 5) is 58.6. The van der Waals surface area contributed by atoms with Gasteiger partial charge in [-0.05, 0) is 59.2 Å². The van der Waals surface area contributed by atoms with Gasteiger partial charge >= 0.3 is 0 Å². The fraction of sp³-hybridized carbons (Fsp3) is 0.353. The van der Waals surface area contributed by atoms with E-state index in [9.17, 15) is 24.3 Å². The minimum atomic E-state index is -0.646. The topological polar surface area (TPSA) is 95.0 Å². The van der Waals surface area contributed by atoms with Crippen molar-refractivity contribution in [2.75, 3.05) is 13.1 Å². The number of rotatable bonds is 4. The van der Waals surface area contributed by atoms with Crippen LogP contribution in [-0.2, 0) is 25.7 Å². The molecule has 0 spiro atoms. The van der Waals surface area contributed by atoms with Gasteiger partial charge in [-0.2, -0.15) is 0 Å². The molecule has 1 N–H and O–H groups in total. The smallest absolute Gasteiger partial charge is 0.233 e.